The highest BCUT2D eigenvalue weighted by Gasteiger charge is 2.27. The van der Waals surface area contributed by atoms with Crippen molar-refractivity contribution < 1.29 is 18.7 Å². The molecule has 2 heterocycles. The van der Waals surface area contributed by atoms with Crippen molar-refractivity contribution in [2.45, 2.75) is 25.7 Å². The molecule has 0 atom stereocenters. The second-order valence-electron chi connectivity index (χ2n) is 7.96. The maximum absolute atomic E-state index is 13.8. The standard InChI is InChI=1S/C25H26FN3O3S/c26-22-9-5-4-6-19(22)16-21-17-27-25(33-21)28-24(31)18-10-13-29(14-11-18)23(30)12-15-32-20-7-2-1-3-8-20/h1-9,17-18H,10-16H2,(H,27,28,31). The lowest BCUT2D eigenvalue weighted by atomic mass is 9.96. The maximum atomic E-state index is 13.8. The predicted octanol–water partition coefficient (Wildman–Crippen LogP) is 4.52. The van der Waals surface area contributed by atoms with Crippen LogP contribution >= 0.6 is 11.3 Å². The summed E-state index contributed by atoms with van der Waals surface area (Å²) in [6.07, 6.45) is 3.66. The number of amides is 2. The summed E-state index contributed by atoms with van der Waals surface area (Å²) in [6.45, 7) is 1.44. The lowest BCUT2D eigenvalue weighted by Crippen LogP contribution is -2.41. The molecule has 6 nitrogen and oxygen atoms in total. The molecular weight excluding hydrogens is 441 g/mol. The van der Waals surface area contributed by atoms with Crippen LogP contribution in [0.5, 0.6) is 5.75 Å². The number of halogens is 1. The summed E-state index contributed by atoms with van der Waals surface area (Å²) in [4.78, 5) is 32.1. The second-order valence-corrected chi connectivity index (χ2v) is 9.07. The van der Waals surface area contributed by atoms with Crippen molar-refractivity contribution in [1.82, 2.24) is 9.88 Å². The molecule has 2 amide bonds. The second kappa shape index (κ2) is 11.0. The van der Waals surface area contributed by atoms with Crippen LogP contribution in [-0.2, 0) is 16.0 Å². The van der Waals surface area contributed by atoms with E-state index in [2.05, 4.69) is 10.3 Å². The van der Waals surface area contributed by atoms with Crippen LogP contribution in [0.2, 0.25) is 0 Å². The van der Waals surface area contributed by atoms with Crippen molar-refractivity contribution in [3.8, 4) is 5.75 Å². The summed E-state index contributed by atoms with van der Waals surface area (Å²) < 4.78 is 19.5. The largest absolute Gasteiger partial charge is 0.493 e. The van der Waals surface area contributed by atoms with Gasteiger partial charge in [0.05, 0.1) is 13.0 Å². The van der Waals surface area contributed by atoms with E-state index in [-0.39, 0.29) is 23.5 Å². The molecule has 0 spiro atoms. The number of likely N-dealkylation sites (tertiary alicyclic amines) is 1. The normalized spacial score (nSPS) is 14.2. The topological polar surface area (TPSA) is 71.5 Å². The molecule has 0 saturated carbocycles. The van der Waals surface area contributed by atoms with Gasteiger partial charge in [-0.15, -0.1) is 11.3 Å². The third kappa shape index (κ3) is 6.38. The molecule has 4 rings (SSSR count). The van der Waals surface area contributed by atoms with E-state index in [9.17, 15) is 14.0 Å². The van der Waals surface area contributed by atoms with Gasteiger partial charge in [-0.1, -0.05) is 36.4 Å². The number of nitrogens with zero attached hydrogens (tertiary/aromatic N) is 2. The Bertz CT molecular complexity index is 1080. The third-order valence-corrected chi connectivity index (χ3v) is 6.57. The Morgan fingerprint density at radius 1 is 1.09 bits per heavy atom. The molecule has 172 valence electrons. The van der Waals surface area contributed by atoms with E-state index >= 15 is 0 Å². The molecule has 2 aromatic carbocycles. The highest BCUT2D eigenvalue weighted by molar-refractivity contribution is 7.15. The maximum Gasteiger partial charge on any atom is 0.229 e. The van der Waals surface area contributed by atoms with E-state index in [1.54, 1.807) is 29.3 Å². The van der Waals surface area contributed by atoms with Gasteiger partial charge in [-0.2, -0.15) is 0 Å². The van der Waals surface area contributed by atoms with Crippen LogP contribution in [0.1, 0.15) is 29.7 Å². The zero-order valence-electron chi connectivity index (χ0n) is 18.2. The van der Waals surface area contributed by atoms with Crippen molar-refractivity contribution in [3.63, 3.8) is 0 Å². The lowest BCUT2D eigenvalue weighted by molar-refractivity contribution is -0.135. The van der Waals surface area contributed by atoms with Crippen LogP contribution in [-0.4, -0.2) is 41.4 Å². The number of ether oxygens (including phenoxy) is 1. The number of anilines is 1. The number of carbonyl (C=O) groups is 2. The molecule has 1 aliphatic heterocycles. The fourth-order valence-corrected chi connectivity index (χ4v) is 4.64. The molecule has 0 radical (unpaired) electrons. The monoisotopic (exact) mass is 467 g/mol. The Kier molecular flexibility index (Phi) is 7.67. The van der Waals surface area contributed by atoms with Crippen LogP contribution in [0.3, 0.4) is 0 Å². The Labute approximate surface area is 196 Å². The highest BCUT2D eigenvalue weighted by atomic mass is 32.1. The van der Waals surface area contributed by atoms with Gasteiger partial charge in [-0.3, -0.25) is 9.59 Å². The first-order chi connectivity index (χ1) is 16.1. The summed E-state index contributed by atoms with van der Waals surface area (Å²) in [5, 5.41) is 3.40. The Hall–Kier alpha value is -3.26. The number of hydrogen-bond donors (Lipinski definition) is 1. The van der Waals surface area contributed by atoms with Gasteiger partial charge in [0.1, 0.15) is 11.6 Å². The molecule has 1 fully saturated rings. The van der Waals surface area contributed by atoms with Crippen LogP contribution in [0, 0.1) is 11.7 Å². The molecule has 1 aromatic heterocycles. The van der Waals surface area contributed by atoms with Gasteiger partial charge in [0.2, 0.25) is 11.8 Å². The zero-order chi connectivity index (χ0) is 23.0. The summed E-state index contributed by atoms with van der Waals surface area (Å²) in [7, 11) is 0. The molecule has 3 aromatic rings. The number of para-hydroxylation sites is 1. The van der Waals surface area contributed by atoms with Crippen molar-refractivity contribution in [2.24, 2.45) is 5.92 Å². The Morgan fingerprint density at radius 2 is 1.82 bits per heavy atom. The average molecular weight is 468 g/mol. The number of nitrogens with one attached hydrogen (secondary N) is 1. The molecule has 1 N–H and O–H groups in total. The number of carbonyl (C=O) groups excluding carboxylic acids is 2. The molecule has 8 heteroatoms. The number of rotatable bonds is 8. The summed E-state index contributed by atoms with van der Waals surface area (Å²) in [5.74, 6) is 0.307. The smallest absolute Gasteiger partial charge is 0.229 e. The van der Waals surface area contributed by atoms with Gasteiger partial charge in [0.15, 0.2) is 5.13 Å². The van der Waals surface area contributed by atoms with E-state index in [0.29, 0.717) is 56.1 Å². The molecule has 1 saturated heterocycles. The average Bonchev–Trinajstić information content (AvgIpc) is 3.28. The van der Waals surface area contributed by atoms with Gasteiger partial charge in [0.25, 0.3) is 0 Å². The van der Waals surface area contributed by atoms with E-state index in [1.807, 2.05) is 30.3 Å². The van der Waals surface area contributed by atoms with E-state index in [1.165, 1.54) is 17.4 Å². The first-order valence-electron chi connectivity index (χ1n) is 11.0. The van der Waals surface area contributed by atoms with Crippen LogP contribution < -0.4 is 10.1 Å². The molecule has 0 bridgehead atoms. The van der Waals surface area contributed by atoms with Crippen LogP contribution in [0.25, 0.3) is 0 Å². The minimum absolute atomic E-state index is 0.0440. The lowest BCUT2D eigenvalue weighted by Gasteiger charge is -2.31. The number of thiazole rings is 1. The predicted molar refractivity (Wildman–Crippen MR) is 126 cm³/mol. The van der Waals surface area contributed by atoms with Gasteiger partial charge in [-0.05, 0) is 36.6 Å². The van der Waals surface area contributed by atoms with E-state index in [4.69, 9.17) is 4.74 Å². The number of aromatic nitrogens is 1. The number of piperidine rings is 1. The van der Waals surface area contributed by atoms with Gasteiger partial charge in [0, 0.05) is 36.5 Å². The molecule has 0 unspecified atom stereocenters. The van der Waals surface area contributed by atoms with Gasteiger partial charge < -0.3 is 15.0 Å². The first kappa shape index (κ1) is 22.9. The Morgan fingerprint density at radius 3 is 2.58 bits per heavy atom. The summed E-state index contributed by atoms with van der Waals surface area (Å²) >= 11 is 1.35. The van der Waals surface area contributed by atoms with Crippen LogP contribution in [0.4, 0.5) is 9.52 Å². The summed E-state index contributed by atoms with van der Waals surface area (Å²) in [6, 6.07) is 16.1. The molecular formula is C25H26FN3O3S. The van der Waals surface area contributed by atoms with Crippen molar-refractivity contribution in [1.29, 1.82) is 0 Å². The fourth-order valence-electron chi connectivity index (χ4n) is 3.81. The van der Waals surface area contributed by atoms with Gasteiger partial charge >= 0.3 is 0 Å². The SMILES string of the molecule is O=C(Nc1ncc(Cc2ccccc2F)s1)C1CCN(C(=O)CCOc2ccccc2)CC1. The van der Waals surface area contributed by atoms with Crippen molar-refractivity contribution >= 4 is 28.3 Å². The highest BCUT2D eigenvalue weighted by Crippen LogP contribution is 2.25. The Balaban J connectivity index is 1.20. The minimum atomic E-state index is -0.246. The van der Waals surface area contributed by atoms with Gasteiger partial charge in [-0.25, -0.2) is 9.37 Å². The quantitative estimate of drug-likeness (QED) is 0.529. The first-order valence-corrected chi connectivity index (χ1v) is 11.8. The van der Waals surface area contributed by atoms with E-state index < -0.39 is 0 Å². The molecule has 1 aliphatic rings. The fraction of sp³-hybridized carbons (Fsp3) is 0.320. The van der Waals surface area contributed by atoms with E-state index in [0.717, 1.165) is 10.6 Å². The minimum Gasteiger partial charge on any atom is -0.493 e. The van der Waals surface area contributed by atoms with Crippen molar-refractivity contribution in [2.75, 3.05) is 25.0 Å². The molecule has 0 aliphatic carbocycles. The number of hydrogen-bond acceptors (Lipinski definition) is 5. The summed E-state index contributed by atoms with van der Waals surface area (Å²) in [5.41, 5.74) is 0.602. The number of benzene rings is 2. The molecule has 33 heavy (non-hydrogen) atoms. The zero-order valence-corrected chi connectivity index (χ0v) is 19.0. The van der Waals surface area contributed by atoms with Crippen molar-refractivity contribution in [3.05, 3.63) is 77.1 Å². The third-order valence-electron chi connectivity index (χ3n) is 5.65. The van der Waals surface area contributed by atoms with Crippen LogP contribution in [0.15, 0.2) is 60.8 Å².